The second kappa shape index (κ2) is 19.6. The van der Waals surface area contributed by atoms with Crippen LogP contribution in [0.15, 0.2) is 48.6 Å². The Bertz CT molecular complexity index is 340. The first-order chi connectivity index (χ1) is 10.9. The summed E-state index contributed by atoms with van der Waals surface area (Å²) < 4.78 is 0. The van der Waals surface area contributed by atoms with Gasteiger partial charge in [-0.3, -0.25) is 4.79 Å². The maximum absolute atomic E-state index is 10.0. The Morgan fingerprint density at radius 2 is 1.14 bits per heavy atom. The van der Waals surface area contributed by atoms with Crippen molar-refractivity contribution < 1.29 is 4.79 Å². The van der Waals surface area contributed by atoms with Crippen molar-refractivity contribution in [3.8, 4) is 0 Å². The molecule has 0 aromatic carbocycles. The molecular weight excluding hydrogens is 270 g/mol. The summed E-state index contributed by atoms with van der Waals surface area (Å²) in [7, 11) is 0. The molecule has 0 fully saturated rings. The van der Waals surface area contributed by atoms with Crippen LogP contribution in [0.1, 0.15) is 64.2 Å². The van der Waals surface area contributed by atoms with Crippen LogP contribution in [0.4, 0.5) is 0 Å². The van der Waals surface area contributed by atoms with Crippen molar-refractivity contribution >= 4 is 6.29 Å². The fourth-order valence-corrected chi connectivity index (χ4v) is 1.92. The van der Waals surface area contributed by atoms with Crippen molar-refractivity contribution in [1.82, 2.24) is 0 Å². The average molecular weight is 302 g/mol. The fourth-order valence-electron chi connectivity index (χ4n) is 1.92. The maximum Gasteiger partial charge on any atom is 0.198 e. The largest absolute Gasteiger partial charge is 0.330 e. The third-order valence-electron chi connectivity index (χ3n) is 3.21. The molecule has 0 aromatic heterocycles. The molecule has 0 aromatic rings. The van der Waals surface area contributed by atoms with Crippen LogP contribution in [-0.4, -0.2) is 12.8 Å². The summed E-state index contributed by atoms with van der Waals surface area (Å²) >= 11 is 0. The lowest BCUT2D eigenvalue weighted by Gasteiger charge is -1.93. The lowest BCUT2D eigenvalue weighted by molar-refractivity contribution is 0.549. The minimum absolute atomic E-state index is 0.549. The van der Waals surface area contributed by atoms with E-state index in [0.29, 0.717) is 6.42 Å². The number of nitrogens with two attached hydrogens (primary N) is 1. The van der Waals surface area contributed by atoms with E-state index in [1.807, 2.05) is 6.29 Å². The summed E-state index contributed by atoms with van der Waals surface area (Å²) in [5.41, 5.74) is 5.45. The normalized spacial score (nSPS) is 12.4. The third kappa shape index (κ3) is 18.6. The molecule has 0 amide bonds. The van der Waals surface area contributed by atoms with E-state index < -0.39 is 0 Å². The monoisotopic (exact) mass is 302 g/mol. The average Bonchev–Trinajstić information content (AvgIpc) is 2.54. The number of hydrogen-bond acceptors (Lipinski definition) is 2. The van der Waals surface area contributed by atoms with E-state index in [4.69, 9.17) is 5.73 Å². The second-order valence-electron chi connectivity index (χ2n) is 5.27. The van der Waals surface area contributed by atoms with Gasteiger partial charge in [-0.25, -0.2) is 0 Å². The molecule has 2 nitrogen and oxygen atoms in total. The number of rotatable bonds is 15. The van der Waals surface area contributed by atoms with Gasteiger partial charge in [0, 0.05) is 6.42 Å². The summed E-state index contributed by atoms with van der Waals surface area (Å²) in [6.07, 6.45) is 29.7. The molecule has 2 N–H and O–H groups in total. The van der Waals surface area contributed by atoms with Crippen molar-refractivity contribution in [2.75, 3.05) is 6.54 Å². The van der Waals surface area contributed by atoms with E-state index in [9.17, 15) is 4.79 Å². The molecule has 0 aliphatic rings. The van der Waals surface area contributed by atoms with Crippen molar-refractivity contribution in [2.24, 2.45) is 5.73 Å². The standard InChI is InChI=1S/C20H32NO/c21-19-17-15-13-11-9-7-5-3-1-2-4-6-8-10-12-14-16-18-20-22/h1,3-4,6-7,9-10,12H,2,5,8,11,13-19,21H2/b3-1-,6-4-,9-7-,12-10-. The van der Waals surface area contributed by atoms with Gasteiger partial charge in [0.05, 0.1) is 0 Å². The summed E-state index contributed by atoms with van der Waals surface area (Å²) in [5, 5.41) is 0. The lowest BCUT2D eigenvalue weighted by atomic mass is 10.2. The Kier molecular flexibility index (Phi) is 18.3. The van der Waals surface area contributed by atoms with E-state index in [1.54, 1.807) is 0 Å². The van der Waals surface area contributed by atoms with Crippen LogP contribution in [0, 0.1) is 0 Å². The fraction of sp³-hybridized carbons (Fsp3) is 0.550. The quantitative estimate of drug-likeness (QED) is 0.334. The first kappa shape index (κ1) is 20.6. The molecule has 0 heterocycles. The molecular formula is C20H32NO. The summed E-state index contributed by atoms with van der Waals surface area (Å²) in [6.45, 7) is 0.814. The van der Waals surface area contributed by atoms with Crippen LogP contribution in [-0.2, 0) is 4.79 Å². The molecule has 2 heteroatoms. The molecule has 0 rings (SSSR count). The first-order valence-electron chi connectivity index (χ1n) is 8.57. The molecule has 0 aliphatic heterocycles. The van der Waals surface area contributed by atoms with Crippen molar-refractivity contribution in [3.63, 3.8) is 0 Å². The highest BCUT2D eigenvalue weighted by Gasteiger charge is 1.84. The molecule has 0 aliphatic carbocycles. The first-order valence-corrected chi connectivity index (χ1v) is 8.57. The van der Waals surface area contributed by atoms with Crippen LogP contribution < -0.4 is 5.73 Å². The van der Waals surface area contributed by atoms with Crippen molar-refractivity contribution in [2.45, 2.75) is 64.2 Å². The van der Waals surface area contributed by atoms with Crippen LogP contribution >= 0.6 is 0 Å². The lowest BCUT2D eigenvalue weighted by Crippen LogP contribution is -1.97. The molecule has 0 atom stereocenters. The minimum Gasteiger partial charge on any atom is -0.330 e. The third-order valence-corrected chi connectivity index (χ3v) is 3.21. The van der Waals surface area contributed by atoms with E-state index in [1.165, 1.54) is 19.3 Å². The Hall–Kier alpha value is -1.41. The van der Waals surface area contributed by atoms with Crippen LogP contribution in [0.25, 0.3) is 0 Å². The van der Waals surface area contributed by atoms with E-state index in [0.717, 1.165) is 45.1 Å². The Labute approximate surface area is 136 Å². The maximum atomic E-state index is 10.0. The van der Waals surface area contributed by atoms with Gasteiger partial charge in [-0.1, -0.05) is 55.0 Å². The van der Waals surface area contributed by atoms with E-state index >= 15 is 0 Å². The molecule has 0 saturated carbocycles. The minimum atomic E-state index is 0.549. The summed E-state index contributed by atoms with van der Waals surface area (Å²) in [4.78, 5) is 10.0. The number of hydrogen-bond donors (Lipinski definition) is 1. The highest BCUT2D eigenvalue weighted by atomic mass is 16.1. The second-order valence-corrected chi connectivity index (χ2v) is 5.27. The number of unbranched alkanes of at least 4 members (excludes halogenated alkanes) is 5. The SMILES string of the molecule is NCCCCC/C=C\C/C=C\C/C=C\C/C=C\CCC[C]=O. The summed E-state index contributed by atoms with van der Waals surface area (Å²) in [6, 6.07) is 0. The van der Waals surface area contributed by atoms with Gasteiger partial charge in [0.1, 0.15) is 0 Å². The topological polar surface area (TPSA) is 43.1 Å². The van der Waals surface area contributed by atoms with Crippen molar-refractivity contribution in [3.05, 3.63) is 48.6 Å². The van der Waals surface area contributed by atoms with E-state index in [-0.39, 0.29) is 0 Å². The molecule has 0 unspecified atom stereocenters. The van der Waals surface area contributed by atoms with Crippen molar-refractivity contribution in [1.29, 1.82) is 0 Å². The van der Waals surface area contributed by atoms with Gasteiger partial charge in [-0.05, 0) is 57.9 Å². The molecule has 0 saturated heterocycles. The molecule has 123 valence electrons. The van der Waals surface area contributed by atoms with Crippen LogP contribution in [0.3, 0.4) is 0 Å². The van der Waals surface area contributed by atoms with Gasteiger partial charge >= 0.3 is 0 Å². The number of carbonyl (C=O) groups excluding carboxylic acids is 1. The smallest absolute Gasteiger partial charge is 0.198 e. The van der Waals surface area contributed by atoms with Gasteiger partial charge < -0.3 is 5.73 Å². The zero-order valence-corrected chi connectivity index (χ0v) is 13.9. The van der Waals surface area contributed by atoms with Crippen LogP contribution in [0.5, 0.6) is 0 Å². The molecule has 22 heavy (non-hydrogen) atoms. The van der Waals surface area contributed by atoms with Gasteiger partial charge in [0.15, 0.2) is 6.29 Å². The predicted molar refractivity (Wildman–Crippen MR) is 97.5 cm³/mol. The Morgan fingerprint density at radius 1 is 0.636 bits per heavy atom. The zero-order chi connectivity index (χ0) is 16.1. The molecule has 1 radical (unpaired) electrons. The highest BCUT2D eigenvalue weighted by molar-refractivity contribution is 5.50. The van der Waals surface area contributed by atoms with Gasteiger partial charge in [-0.15, -0.1) is 0 Å². The van der Waals surface area contributed by atoms with Gasteiger partial charge in [0.25, 0.3) is 0 Å². The summed E-state index contributed by atoms with van der Waals surface area (Å²) in [5.74, 6) is 0. The predicted octanol–water partition coefficient (Wildman–Crippen LogP) is 5.18. The highest BCUT2D eigenvalue weighted by Crippen LogP contribution is 2.01. The van der Waals surface area contributed by atoms with Gasteiger partial charge in [0.2, 0.25) is 0 Å². The zero-order valence-electron chi connectivity index (χ0n) is 13.9. The van der Waals surface area contributed by atoms with Gasteiger partial charge in [-0.2, -0.15) is 0 Å². The van der Waals surface area contributed by atoms with Crippen LogP contribution in [0.2, 0.25) is 0 Å². The Morgan fingerprint density at radius 3 is 1.64 bits per heavy atom. The van der Waals surface area contributed by atoms with E-state index in [2.05, 4.69) is 48.6 Å². The Balaban J connectivity index is 3.36. The molecule has 0 bridgehead atoms. The molecule has 0 spiro atoms. The number of allylic oxidation sites excluding steroid dienone is 8.